The van der Waals surface area contributed by atoms with Crippen LogP contribution in [0.5, 0.6) is 11.5 Å². The first kappa shape index (κ1) is 24.1. The van der Waals surface area contributed by atoms with Crippen LogP contribution in [0.2, 0.25) is 0 Å². The standard InChI is InChI=1S/C14H10O8S.2Na/c15-13(16)8-5-9(14(17)18)7-11(6-8)22-10-1-3-12(4-2-10)23(19,20)21;;/h1-7H,(H,15,16)(H,17,18)(H,19,20,21);;/q;2*+1/p-2. The predicted octanol–water partition coefficient (Wildman–Crippen LogP) is -6.54. The van der Waals surface area contributed by atoms with Crippen LogP contribution < -0.4 is 74.1 Å². The minimum absolute atomic E-state index is 0. The third-order valence-electron chi connectivity index (χ3n) is 2.74. The fourth-order valence-corrected chi connectivity index (χ4v) is 2.19. The first-order valence-corrected chi connectivity index (χ1v) is 7.44. The normalized spacial score (nSPS) is 10.1. The molecule has 0 amide bonds. The van der Waals surface area contributed by atoms with Gasteiger partial charge in [0.15, 0.2) is 0 Å². The van der Waals surface area contributed by atoms with Gasteiger partial charge in [0.1, 0.15) is 11.5 Å². The first-order valence-electron chi connectivity index (χ1n) is 6.00. The molecule has 11 heteroatoms. The average molecular weight is 382 g/mol. The number of carboxylic acids is 2. The molecular formula is C14H8Na2O8S. The summed E-state index contributed by atoms with van der Waals surface area (Å²) in [6.45, 7) is 0. The summed E-state index contributed by atoms with van der Waals surface area (Å²) in [5.74, 6) is -3.22. The Bertz CT molecular complexity index is 846. The zero-order valence-corrected chi connectivity index (χ0v) is 18.1. The van der Waals surface area contributed by atoms with E-state index < -0.39 is 33.2 Å². The fourth-order valence-electron chi connectivity index (χ4n) is 1.71. The van der Waals surface area contributed by atoms with Crippen LogP contribution in [0, 0.1) is 0 Å². The van der Waals surface area contributed by atoms with Crippen LogP contribution in [0.4, 0.5) is 0 Å². The number of benzene rings is 2. The van der Waals surface area contributed by atoms with Crippen LogP contribution in [0.25, 0.3) is 0 Å². The number of rotatable bonds is 5. The molecule has 0 radical (unpaired) electrons. The maximum atomic E-state index is 10.9. The first-order chi connectivity index (χ1) is 10.7. The van der Waals surface area contributed by atoms with E-state index in [0.29, 0.717) is 0 Å². The van der Waals surface area contributed by atoms with Gasteiger partial charge in [-0.15, -0.1) is 0 Å². The Hall–Kier alpha value is -0.910. The molecule has 2 aromatic rings. The third-order valence-corrected chi connectivity index (χ3v) is 3.60. The van der Waals surface area contributed by atoms with Crippen molar-refractivity contribution in [3.05, 3.63) is 53.6 Å². The van der Waals surface area contributed by atoms with Crippen LogP contribution in [0.1, 0.15) is 20.7 Å². The molecule has 8 nitrogen and oxygen atoms in total. The van der Waals surface area contributed by atoms with Gasteiger partial charge >= 0.3 is 59.1 Å². The van der Waals surface area contributed by atoms with Gasteiger partial charge in [0, 0.05) is 11.1 Å². The summed E-state index contributed by atoms with van der Waals surface area (Å²) in [4.78, 5) is 21.4. The van der Waals surface area contributed by atoms with Crippen LogP contribution in [-0.2, 0) is 10.1 Å². The molecule has 0 fully saturated rings. The molecule has 25 heavy (non-hydrogen) atoms. The Kier molecular flexibility index (Phi) is 9.34. The third kappa shape index (κ3) is 6.72. The molecule has 2 aromatic carbocycles. The summed E-state index contributed by atoms with van der Waals surface area (Å²) in [6.07, 6.45) is 0. The van der Waals surface area contributed by atoms with E-state index in [4.69, 9.17) is 9.29 Å². The summed E-state index contributed by atoms with van der Waals surface area (Å²) in [5.41, 5.74) is -0.840. The molecule has 0 aliphatic heterocycles. The van der Waals surface area contributed by atoms with Crippen molar-refractivity contribution in [2.75, 3.05) is 0 Å². The van der Waals surface area contributed by atoms with Crippen LogP contribution in [0.15, 0.2) is 47.4 Å². The molecule has 0 aliphatic carbocycles. The van der Waals surface area contributed by atoms with Gasteiger partial charge in [-0.1, -0.05) is 0 Å². The van der Waals surface area contributed by atoms with E-state index in [-0.39, 0.29) is 75.5 Å². The number of carbonyl (C=O) groups excluding carboxylic acids is 2. The fraction of sp³-hybridized carbons (Fsp3) is 0. The van der Waals surface area contributed by atoms with Crippen molar-refractivity contribution in [1.82, 2.24) is 0 Å². The maximum Gasteiger partial charge on any atom is 1.00 e. The minimum Gasteiger partial charge on any atom is -0.545 e. The minimum atomic E-state index is -4.36. The van der Waals surface area contributed by atoms with Gasteiger partial charge < -0.3 is 24.5 Å². The molecular weight excluding hydrogens is 374 g/mol. The topological polar surface area (TPSA) is 144 Å². The predicted molar refractivity (Wildman–Crippen MR) is 71.4 cm³/mol. The van der Waals surface area contributed by atoms with Crippen molar-refractivity contribution in [2.45, 2.75) is 4.90 Å². The second-order valence-corrected chi connectivity index (χ2v) is 5.79. The zero-order valence-electron chi connectivity index (χ0n) is 13.3. The van der Waals surface area contributed by atoms with E-state index in [0.717, 1.165) is 30.3 Å². The molecule has 0 spiro atoms. The number of carboxylic acid groups (broad SMARTS) is 2. The van der Waals surface area contributed by atoms with Crippen LogP contribution in [-0.4, -0.2) is 24.9 Å². The summed E-state index contributed by atoms with van der Waals surface area (Å²) in [7, 11) is -4.36. The van der Waals surface area contributed by atoms with E-state index in [2.05, 4.69) is 0 Å². The molecule has 0 aliphatic rings. The zero-order chi connectivity index (χ0) is 17.2. The van der Waals surface area contributed by atoms with Gasteiger partial charge in [0.2, 0.25) is 0 Å². The van der Waals surface area contributed by atoms with Crippen molar-refractivity contribution in [3.8, 4) is 11.5 Å². The molecule has 0 atom stereocenters. The molecule has 2 rings (SSSR count). The van der Waals surface area contributed by atoms with E-state index in [1.807, 2.05) is 0 Å². The van der Waals surface area contributed by atoms with Gasteiger partial charge in [0.05, 0.1) is 16.8 Å². The van der Waals surface area contributed by atoms with Crippen molar-refractivity contribution in [3.63, 3.8) is 0 Å². The number of hydrogen-bond acceptors (Lipinski definition) is 7. The van der Waals surface area contributed by atoms with E-state index in [9.17, 15) is 28.2 Å². The Morgan fingerprint density at radius 2 is 1.28 bits per heavy atom. The number of hydrogen-bond donors (Lipinski definition) is 1. The quantitative estimate of drug-likeness (QED) is 0.397. The maximum absolute atomic E-state index is 10.9. The molecule has 120 valence electrons. The summed E-state index contributed by atoms with van der Waals surface area (Å²) in [5, 5.41) is 21.7. The van der Waals surface area contributed by atoms with E-state index in [1.165, 1.54) is 12.1 Å². The SMILES string of the molecule is O=C([O-])c1cc(Oc2ccc(S(=O)(=O)O)cc2)cc(C(=O)[O-])c1.[Na+].[Na+]. The largest absolute Gasteiger partial charge is 1.00 e. The van der Waals surface area contributed by atoms with Gasteiger partial charge in [-0.25, -0.2) is 0 Å². The Morgan fingerprint density at radius 3 is 1.64 bits per heavy atom. The van der Waals surface area contributed by atoms with Crippen molar-refractivity contribution < 1.29 is 96.6 Å². The second-order valence-electron chi connectivity index (χ2n) is 4.37. The molecule has 0 aromatic heterocycles. The van der Waals surface area contributed by atoms with Crippen molar-refractivity contribution in [1.29, 1.82) is 0 Å². The van der Waals surface area contributed by atoms with Crippen LogP contribution >= 0.6 is 0 Å². The van der Waals surface area contributed by atoms with E-state index in [1.54, 1.807) is 0 Å². The molecule has 1 N–H and O–H groups in total. The van der Waals surface area contributed by atoms with Gasteiger partial charge in [0.25, 0.3) is 10.1 Å². The van der Waals surface area contributed by atoms with Crippen molar-refractivity contribution >= 4 is 22.1 Å². The average Bonchev–Trinajstić information content (AvgIpc) is 2.46. The Morgan fingerprint density at radius 1 is 0.840 bits per heavy atom. The van der Waals surface area contributed by atoms with Gasteiger partial charge in [-0.2, -0.15) is 8.42 Å². The number of ether oxygens (including phenoxy) is 1. The van der Waals surface area contributed by atoms with E-state index >= 15 is 0 Å². The van der Waals surface area contributed by atoms with Crippen LogP contribution in [0.3, 0.4) is 0 Å². The second kappa shape index (κ2) is 9.70. The van der Waals surface area contributed by atoms with Crippen molar-refractivity contribution in [2.24, 2.45) is 0 Å². The number of aromatic carboxylic acids is 2. The Balaban J connectivity index is 0.00000288. The van der Waals surface area contributed by atoms with Gasteiger partial charge in [-0.3, -0.25) is 4.55 Å². The molecule has 0 unspecified atom stereocenters. The summed E-state index contributed by atoms with van der Waals surface area (Å²) < 4.78 is 35.9. The molecule has 0 heterocycles. The van der Waals surface area contributed by atoms with Gasteiger partial charge in [-0.05, 0) is 42.5 Å². The molecule has 0 saturated carbocycles. The monoisotopic (exact) mass is 382 g/mol. The Labute approximate surface area is 187 Å². The summed E-state index contributed by atoms with van der Waals surface area (Å²) >= 11 is 0. The summed E-state index contributed by atoms with van der Waals surface area (Å²) in [6, 6.07) is 7.47. The molecule has 0 saturated heterocycles. The molecule has 0 bridgehead atoms. The number of carbonyl (C=O) groups is 2. The smallest absolute Gasteiger partial charge is 0.545 e.